The quantitative estimate of drug-likeness (QED) is 0.768. The number of nitrogens with one attached hydrogen (secondary N) is 2. The first-order chi connectivity index (χ1) is 13.3. The van der Waals surface area contributed by atoms with Crippen LogP contribution in [0, 0.1) is 11.7 Å². The van der Waals surface area contributed by atoms with Crippen LogP contribution in [0.25, 0.3) is 0 Å². The lowest BCUT2D eigenvalue weighted by Crippen LogP contribution is -2.25. The van der Waals surface area contributed by atoms with Crippen LogP contribution in [-0.4, -0.2) is 18.8 Å². The number of rotatable bonds is 4. The molecule has 4 nitrogen and oxygen atoms in total. The van der Waals surface area contributed by atoms with Crippen LogP contribution in [0.5, 0.6) is 5.75 Å². The minimum Gasteiger partial charge on any atom is -0.405 e. The molecule has 0 spiro atoms. The highest BCUT2D eigenvalue weighted by Gasteiger charge is 2.46. The third kappa shape index (κ3) is 3.82. The number of fused-ring (bicyclic) bond motifs is 1. The molecule has 1 heterocycles. The molecule has 2 unspecified atom stereocenters. The van der Waals surface area contributed by atoms with Gasteiger partial charge in [0.05, 0.1) is 5.69 Å². The van der Waals surface area contributed by atoms with Gasteiger partial charge in [-0.25, -0.2) is 4.39 Å². The largest absolute Gasteiger partial charge is 0.573 e. The number of hydrogen-bond donors (Lipinski definition) is 2. The van der Waals surface area contributed by atoms with Crippen molar-refractivity contribution in [3.05, 3.63) is 58.9 Å². The van der Waals surface area contributed by atoms with Crippen molar-refractivity contribution >= 4 is 11.6 Å². The molecule has 1 aliphatic heterocycles. The fourth-order valence-corrected chi connectivity index (χ4v) is 3.69. The van der Waals surface area contributed by atoms with Gasteiger partial charge in [-0.15, -0.1) is 13.2 Å². The second-order valence-corrected chi connectivity index (χ2v) is 7.02. The highest BCUT2D eigenvalue weighted by molar-refractivity contribution is 5.95. The fraction of sp³-hybridized carbons (Fsp3) is 0.350. The summed E-state index contributed by atoms with van der Waals surface area (Å²) < 4.78 is 56.5. The number of amides is 1. The summed E-state index contributed by atoms with van der Waals surface area (Å²) >= 11 is 0. The average Bonchev–Trinajstić information content (AvgIpc) is 3.44. The maximum Gasteiger partial charge on any atom is 0.573 e. The lowest BCUT2D eigenvalue weighted by atomic mass is 9.99. The summed E-state index contributed by atoms with van der Waals surface area (Å²) in [7, 11) is 0. The molecular weight excluding hydrogens is 376 g/mol. The predicted molar refractivity (Wildman–Crippen MR) is 94.4 cm³/mol. The van der Waals surface area contributed by atoms with Crippen LogP contribution in [-0.2, 0) is 17.8 Å². The molecule has 0 radical (unpaired) electrons. The van der Waals surface area contributed by atoms with E-state index in [0.717, 1.165) is 5.56 Å². The lowest BCUT2D eigenvalue weighted by Gasteiger charge is -2.19. The Labute approximate surface area is 158 Å². The van der Waals surface area contributed by atoms with Gasteiger partial charge in [0.25, 0.3) is 0 Å². The van der Waals surface area contributed by atoms with E-state index in [1.54, 1.807) is 12.1 Å². The highest BCUT2D eigenvalue weighted by Crippen LogP contribution is 2.51. The first-order valence-electron chi connectivity index (χ1n) is 9.00. The van der Waals surface area contributed by atoms with Gasteiger partial charge >= 0.3 is 6.36 Å². The van der Waals surface area contributed by atoms with Crippen molar-refractivity contribution in [3.8, 4) is 5.75 Å². The smallest absolute Gasteiger partial charge is 0.405 e. The van der Waals surface area contributed by atoms with Gasteiger partial charge in [0.15, 0.2) is 0 Å². The SMILES string of the molecule is O=C(Nc1ccc2c(c1F)CCNC2)C1CC1c1ccccc1OC(F)(F)F. The first-order valence-corrected chi connectivity index (χ1v) is 9.00. The van der Waals surface area contributed by atoms with Crippen molar-refractivity contribution in [1.29, 1.82) is 0 Å². The molecule has 4 rings (SSSR count). The topological polar surface area (TPSA) is 50.4 Å². The first kappa shape index (κ1) is 18.7. The summed E-state index contributed by atoms with van der Waals surface area (Å²) in [4.78, 5) is 12.5. The molecule has 2 atom stereocenters. The molecule has 1 amide bonds. The number of halogens is 4. The van der Waals surface area contributed by atoms with E-state index in [0.29, 0.717) is 37.1 Å². The lowest BCUT2D eigenvalue weighted by molar-refractivity contribution is -0.274. The third-order valence-corrected chi connectivity index (χ3v) is 5.14. The van der Waals surface area contributed by atoms with Crippen LogP contribution < -0.4 is 15.4 Å². The van der Waals surface area contributed by atoms with Gasteiger partial charge in [-0.1, -0.05) is 24.3 Å². The molecule has 1 saturated carbocycles. The van der Waals surface area contributed by atoms with E-state index in [1.807, 2.05) is 0 Å². The number of benzene rings is 2. The summed E-state index contributed by atoms with van der Waals surface area (Å²) in [5.41, 5.74) is 1.89. The van der Waals surface area contributed by atoms with E-state index in [2.05, 4.69) is 15.4 Å². The second kappa shape index (κ2) is 7.09. The molecule has 1 aliphatic carbocycles. The molecule has 2 aliphatic rings. The normalized spacial score (nSPS) is 21.0. The summed E-state index contributed by atoms with van der Waals surface area (Å²) in [6, 6.07) is 9.09. The summed E-state index contributed by atoms with van der Waals surface area (Å²) in [5.74, 6) is -2.05. The zero-order valence-corrected chi connectivity index (χ0v) is 14.8. The van der Waals surface area contributed by atoms with Gasteiger partial charge < -0.3 is 15.4 Å². The highest BCUT2D eigenvalue weighted by atomic mass is 19.4. The molecule has 1 fully saturated rings. The molecular formula is C20H18F4N2O2. The van der Waals surface area contributed by atoms with E-state index < -0.39 is 24.0 Å². The van der Waals surface area contributed by atoms with E-state index in [1.165, 1.54) is 24.3 Å². The van der Waals surface area contributed by atoms with Crippen LogP contribution >= 0.6 is 0 Å². The molecule has 0 aromatic heterocycles. The molecule has 2 aromatic rings. The Morgan fingerprint density at radius 1 is 1.18 bits per heavy atom. The van der Waals surface area contributed by atoms with Crippen molar-refractivity contribution in [2.24, 2.45) is 5.92 Å². The van der Waals surface area contributed by atoms with Gasteiger partial charge in [-0.05, 0) is 54.1 Å². The number of carbonyl (C=O) groups excluding carboxylic acids is 1. The number of carbonyl (C=O) groups is 1. The minimum absolute atomic E-state index is 0.108. The molecule has 28 heavy (non-hydrogen) atoms. The minimum atomic E-state index is -4.80. The number of anilines is 1. The Morgan fingerprint density at radius 3 is 2.75 bits per heavy atom. The Kier molecular flexibility index (Phi) is 4.74. The Balaban J connectivity index is 1.48. The molecule has 8 heteroatoms. The molecule has 2 N–H and O–H groups in total. The summed E-state index contributed by atoms with van der Waals surface area (Å²) in [6.45, 7) is 1.25. The predicted octanol–water partition coefficient (Wildman–Crippen LogP) is 4.11. The zero-order chi connectivity index (χ0) is 19.9. The van der Waals surface area contributed by atoms with Gasteiger partial charge in [-0.2, -0.15) is 0 Å². The van der Waals surface area contributed by atoms with Crippen LogP contribution in [0.2, 0.25) is 0 Å². The van der Waals surface area contributed by atoms with Gasteiger partial charge in [0, 0.05) is 12.5 Å². The zero-order valence-electron chi connectivity index (χ0n) is 14.8. The number of para-hydroxylation sites is 1. The number of alkyl halides is 3. The molecule has 2 aromatic carbocycles. The fourth-order valence-electron chi connectivity index (χ4n) is 3.69. The van der Waals surface area contributed by atoms with Gasteiger partial charge in [0.1, 0.15) is 11.6 Å². The monoisotopic (exact) mass is 394 g/mol. The summed E-state index contributed by atoms with van der Waals surface area (Å²) in [5, 5.41) is 5.75. The van der Waals surface area contributed by atoms with Crippen LogP contribution in [0.3, 0.4) is 0 Å². The van der Waals surface area contributed by atoms with Gasteiger partial charge in [-0.3, -0.25) is 4.79 Å². The van der Waals surface area contributed by atoms with E-state index in [4.69, 9.17) is 0 Å². The maximum atomic E-state index is 14.7. The summed E-state index contributed by atoms with van der Waals surface area (Å²) in [6.07, 6.45) is -3.87. The molecule has 148 valence electrons. The molecule has 0 bridgehead atoms. The third-order valence-electron chi connectivity index (χ3n) is 5.14. The average molecular weight is 394 g/mol. The Bertz CT molecular complexity index is 914. The van der Waals surface area contributed by atoms with Crippen molar-refractivity contribution in [1.82, 2.24) is 5.32 Å². The van der Waals surface area contributed by atoms with Crippen molar-refractivity contribution < 1.29 is 27.1 Å². The second-order valence-electron chi connectivity index (χ2n) is 7.02. The Hall–Kier alpha value is -2.61. The van der Waals surface area contributed by atoms with E-state index in [9.17, 15) is 22.4 Å². The van der Waals surface area contributed by atoms with Crippen LogP contribution in [0.4, 0.5) is 23.2 Å². The van der Waals surface area contributed by atoms with E-state index >= 15 is 0 Å². The Morgan fingerprint density at radius 2 is 1.96 bits per heavy atom. The molecule has 0 saturated heterocycles. The number of hydrogen-bond acceptors (Lipinski definition) is 3. The van der Waals surface area contributed by atoms with Crippen LogP contribution in [0.15, 0.2) is 36.4 Å². The van der Waals surface area contributed by atoms with E-state index in [-0.39, 0.29) is 17.4 Å². The van der Waals surface area contributed by atoms with Crippen molar-refractivity contribution in [3.63, 3.8) is 0 Å². The standard InChI is InChI=1S/C20H18F4N2O2/c21-18-12-7-8-25-10-11(12)5-6-16(18)26-19(27)15-9-14(15)13-3-1-2-4-17(13)28-20(22,23)24/h1-6,14-15,25H,7-10H2,(H,26,27). The number of ether oxygens (including phenoxy) is 1. The maximum absolute atomic E-state index is 14.7. The van der Waals surface area contributed by atoms with Gasteiger partial charge in [0.2, 0.25) is 5.91 Å². The van der Waals surface area contributed by atoms with Crippen LogP contribution in [0.1, 0.15) is 29.0 Å². The van der Waals surface area contributed by atoms with Crippen molar-refractivity contribution in [2.45, 2.75) is 31.7 Å². The van der Waals surface area contributed by atoms with Crippen molar-refractivity contribution in [2.75, 3.05) is 11.9 Å².